The highest BCUT2D eigenvalue weighted by Gasteiger charge is 2.20. The zero-order valence-corrected chi connectivity index (χ0v) is 12.6. The summed E-state index contributed by atoms with van der Waals surface area (Å²) in [6.07, 6.45) is 0. The Morgan fingerprint density at radius 3 is 2.53 bits per heavy atom. The maximum Gasteiger partial charge on any atom is 0.124 e. The van der Waals surface area contributed by atoms with Gasteiger partial charge in [-0.25, -0.2) is 0 Å². The van der Waals surface area contributed by atoms with Gasteiger partial charge in [-0.2, -0.15) is 0 Å². The summed E-state index contributed by atoms with van der Waals surface area (Å²) in [4.78, 5) is 0.936. The average molecular weight is 298 g/mol. The van der Waals surface area contributed by atoms with Crippen molar-refractivity contribution in [2.75, 3.05) is 14.2 Å². The number of aryl methyl sites for hydroxylation is 1. The van der Waals surface area contributed by atoms with Crippen molar-refractivity contribution in [3.63, 3.8) is 0 Å². The minimum atomic E-state index is -0.323. The van der Waals surface area contributed by atoms with Crippen LogP contribution in [0, 0.1) is 6.92 Å². The minimum absolute atomic E-state index is 0.323. The summed E-state index contributed by atoms with van der Waals surface area (Å²) < 4.78 is 10.6. The van der Waals surface area contributed by atoms with Crippen molar-refractivity contribution < 1.29 is 9.47 Å². The summed E-state index contributed by atoms with van der Waals surface area (Å²) in [6, 6.07) is 5.25. The first-order valence-electron chi connectivity index (χ1n) is 5.79. The smallest absolute Gasteiger partial charge is 0.124 e. The van der Waals surface area contributed by atoms with Crippen LogP contribution in [0.3, 0.4) is 0 Å². The normalized spacial score (nSPS) is 12.3. The van der Waals surface area contributed by atoms with E-state index < -0.39 is 0 Å². The van der Waals surface area contributed by atoms with E-state index in [4.69, 9.17) is 26.8 Å². The lowest BCUT2D eigenvalue weighted by atomic mass is 10.0. The zero-order valence-electron chi connectivity index (χ0n) is 11.1. The van der Waals surface area contributed by atoms with Gasteiger partial charge in [0, 0.05) is 10.4 Å². The van der Waals surface area contributed by atoms with Gasteiger partial charge < -0.3 is 15.2 Å². The van der Waals surface area contributed by atoms with Crippen LogP contribution in [0.5, 0.6) is 11.5 Å². The van der Waals surface area contributed by atoms with Gasteiger partial charge >= 0.3 is 0 Å². The Morgan fingerprint density at radius 2 is 2.00 bits per heavy atom. The van der Waals surface area contributed by atoms with E-state index in [0.717, 1.165) is 32.5 Å². The van der Waals surface area contributed by atoms with Crippen LogP contribution in [0.15, 0.2) is 23.6 Å². The maximum atomic E-state index is 6.32. The number of rotatable bonds is 4. The fourth-order valence-corrected chi connectivity index (χ4v) is 3.21. The van der Waals surface area contributed by atoms with Gasteiger partial charge in [0.15, 0.2) is 0 Å². The Balaban J connectivity index is 2.47. The van der Waals surface area contributed by atoms with E-state index in [2.05, 4.69) is 0 Å². The molecule has 0 bridgehead atoms. The Morgan fingerprint density at radius 1 is 1.26 bits per heavy atom. The van der Waals surface area contributed by atoms with Crippen molar-refractivity contribution >= 4 is 22.9 Å². The molecule has 1 atom stereocenters. The second-order valence-corrected chi connectivity index (χ2v) is 5.47. The lowest BCUT2D eigenvalue weighted by molar-refractivity contribution is 0.397. The fraction of sp³-hybridized carbons (Fsp3) is 0.286. The van der Waals surface area contributed by atoms with Crippen LogP contribution in [-0.4, -0.2) is 14.2 Å². The maximum absolute atomic E-state index is 6.32. The van der Waals surface area contributed by atoms with E-state index in [1.807, 2.05) is 30.5 Å². The van der Waals surface area contributed by atoms with Gasteiger partial charge in [-0.15, -0.1) is 11.3 Å². The molecule has 0 aliphatic carbocycles. The minimum Gasteiger partial charge on any atom is -0.497 e. The molecule has 1 aromatic carbocycles. The van der Waals surface area contributed by atoms with Crippen LogP contribution in [0.2, 0.25) is 5.02 Å². The van der Waals surface area contributed by atoms with Crippen LogP contribution in [0.4, 0.5) is 0 Å². The number of halogens is 1. The molecular weight excluding hydrogens is 282 g/mol. The van der Waals surface area contributed by atoms with Crippen LogP contribution >= 0.6 is 22.9 Å². The molecule has 1 heterocycles. The molecule has 0 saturated carbocycles. The largest absolute Gasteiger partial charge is 0.497 e. The van der Waals surface area contributed by atoms with Gasteiger partial charge in [0.25, 0.3) is 0 Å². The quantitative estimate of drug-likeness (QED) is 0.934. The molecule has 1 unspecified atom stereocenters. The second-order valence-electron chi connectivity index (χ2n) is 4.18. The van der Waals surface area contributed by atoms with Crippen molar-refractivity contribution in [2.45, 2.75) is 13.0 Å². The molecule has 0 fully saturated rings. The molecule has 2 N–H and O–H groups in total. The molecule has 3 nitrogen and oxygen atoms in total. The highest BCUT2D eigenvalue weighted by atomic mass is 35.5. The van der Waals surface area contributed by atoms with Crippen molar-refractivity contribution in [1.82, 2.24) is 0 Å². The van der Waals surface area contributed by atoms with Crippen molar-refractivity contribution in [3.8, 4) is 11.5 Å². The molecule has 102 valence electrons. The summed E-state index contributed by atoms with van der Waals surface area (Å²) >= 11 is 7.84. The number of hydrogen-bond donors (Lipinski definition) is 1. The van der Waals surface area contributed by atoms with E-state index in [1.165, 1.54) is 0 Å². The molecule has 0 amide bonds. The number of nitrogens with two attached hydrogens (primary N) is 1. The predicted molar refractivity (Wildman–Crippen MR) is 79.6 cm³/mol. The number of benzene rings is 1. The Labute approximate surface area is 121 Å². The Kier molecular flexibility index (Phi) is 4.34. The number of ether oxygens (including phenoxy) is 2. The third-order valence-electron chi connectivity index (χ3n) is 2.98. The van der Waals surface area contributed by atoms with E-state index in [-0.39, 0.29) is 6.04 Å². The number of thiophene rings is 1. The topological polar surface area (TPSA) is 44.5 Å². The SMILES string of the molecule is COc1ccc(OC)c(C(N)c2scc(C)c2Cl)c1. The standard InChI is InChI=1S/C14H16ClNO2S/c1-8-7-19-14(12(8)15)13(16)10-6-9(17-2)4-5-11(10)18-3/h4-7,13H,16H2,1-3H3. The summed E-state index contributed by atoms with van der Waals surface area (Å²) in [5, 5.41) is 2.73. The molecular formula is C14H16ClNO2S. The van der Waals surface area contributed by atoms with E-state index >= 15 is 0 Å². The van der Waals surface area contributed by atoms with Gasteiger partial charge in [-0.05, 0) is 36.1 Å². The van der Waals surface area contributed by atoms with Gasteiger partial charge in [0.05, 0.1) is 25.3 Å². The first-order chi connectivity index (χ1) is 9.08. The molecule has 0 saturated heterocycles. The van der Waals surface area contributed by atoms with Crippen LogP contribution in [0.25, 0.3) is 0 Å². The highest BCUT2D eigenvalue weighted by Crippen LogP contribution is 2.38. The summed E-state index contributed by atoms with van der Waals surface area (Å²) in [5.41, 5.74) is 8.23. The van der Waals surface area contributed by atoms with Crippen molar-refractivity contribution in [2.24, 2.45) is 5.73 Å². The predicted octanol–water partition coefficient (Wildman–Crippen LogP) is 3.78. The summed E-state index contributed by atoms with van der Waals surface area (Å²) in [6.45, 7) is 1.97. The highest BCUT2D eigenvalue weighted by molar-refractivity contribution is 7.10. The average Bonchev–Trinajstić information content (AvgIpc) is 2.77. The molecule has 0 aliphatic rings. The lowest BCUT2D eigenvalue weighted by Gasteiger charge is -2.16. The van der Waals surface area contributed by atoms with Gasteiger partial charge in [0.2, 0.25) is 0 Å². The molecule has 2 rings (SSSR count). The van der Waals surface area contributed by atoms with Crippen LogP contribution in [0.1, 0.15) is 22.0 Å². The third-order valence-corrected chi connectivity index (χ3v) is 4.78. The fourth-order valence-electron chi connectivity index (χ4n) is 1.88. The number of methoxy groups -OCH3 is 2. The zero-order chi connectivity index (χ0) is 14.0. The molecule has 19 heavy (non-hydrogen) atoms. The van der Waals surface area contributed by atoms with Gasteiger partial charge in [-0.1, -0.05) is 11.6 Å². The Bertz CT molecular complexity index is 583. The molecule has 1 aromatic heterocycles. The first-order valence-corrected chi connectivity index (χ1v) is 7.05. The molecule has 5 heteroatoms. The monoisotopic (exact) mass is 297 g/mol. The van der Waals surface area contributed by atoms with Gasteiger partial charge in [-0.3, -0.25) is 0 Å². The third kappa shape index (κ3) is 2.71. The van der Waals surface area contributed by atoms with Crippen LogP contribution < -0.4 is 15.2 Å². The summed E-state index contributed by atoms with van der Waals surface area (Å²) in [7, 11) is 3.25. The summed E-state index contributed by atoms with van der Waals surface area (Å²) in [5.74, 6) is 1.48. The van der Waals surface area contributed by atoms with E-state index in [9.17, 15) is 0 Å². The molecule has 0 radical (unpaired) electrons. The van der Waals surface area contributed by atoms with E-state index in [1.54, 1.807) is 25.6 Å². The van der Waals surface area contributed by atoms with Gasteiger partial charge in [0.1, 0.15) is 11.5 Å². The van der Waals surface area contributed by atoms with Crippen molar-refractivity contribution in [1.29, 1.82) is 0 Å². The number of hydrogen-bond acceptors (Lipinski definition) is 4. The molecule has 2 aromatic rings. The Hall–Kier alpha value is -1.23. The van der Waals surface area contributed by atoms with Crippen LogP contribution in [-0.2, 0) is 0 Å². The second kappa shape index (κ2) is 5.82. The lowest BCUT2D eigenvalue weighted by Crippen LogP contribution is -2.12. The molecule has 0 spiro atoms. The first kappa shape index (κ1) is 14.2. The van der Waals surface area contributed by atoms with E-state index in [0.29, 0.717) is 0 Å². The molecule has 0 aliphatic heterocycles. The van der Waals surface area contributed by atoms with Crippen molar-refractivity contribution in [3.05, 3.63) is 44.6 Å².